The van der Waals surface area contributed by atoms with E-state index in [2.05, 4.69) is 18.6 Å². The third kappa shape index (κ3) is 5.71. The highest BCUT2D eigenvalue weighted by Gasteiger charge is 1.80. The van der Waals surface area contributed by atoms with Gasteiger partial charge in [-0.1, -0.05) is 37.3 Å². The van der Waals surface area contributed by atoms with Crippen molar-refractivity contribution in [3.05, 3.63) is 42.3 Å². The summed E-state index contributed by atoms with van der Waals surface area (Å²) in [5.41, 5.74) is 1.28. The van der Waals surface area contributed by atoms with Gasteiger partial charge in [0.1, 0.15) is 0 Å². The summed E-state index contributed by atoms with van der Waals surface area (Å²) in [7, 11) is -0.833. The van der Waals surface area contributed by atoms with E-state index >= 15 is 0 Å². The Morgan fingerprint density at radius 3 is 2.09 bits per heavy atom. The lowest BCUT2D eigenvalue weighted by atomic mass is 10.2. The Hall–Kier alpha value is -0.720. The normalized spacial score (nSPS) is 8.55. The number of benzene rings is 1. The maximum Gasteiger partial charge on any atom is 0.324 e. The van der Waals surface area contributed by atoms with E-state index in [1.54, 1.807) is 0 Å². The summed E-state index contributed by atoms with van der Waals surface area (Å²) in [5.74, 6) is 0. The van der Waals surface area contributed by atoms with Crippen molar-refractivity contribution in [1.82, 2.24) is 0 Å². The smallest absolute Gasteiger partial charge is 0.310 e. The second kappa shape index (κ2) is 7.39. The molecular formula is C8H10O2P. The first-order chi connectivity index (χ1) is 5.35. The fourth-order valence-electron chi connectivity index (χ4n) is 0.645. The zero-order valence-corrected chi connectivity index (χ0v) is 7.16. The van der Waals surface area contributed by atoms with E-state index in [0.29, 0.717) is 0 Å². The zero-order chi connectivity index (χ0) is 8.53. The average molecular weight is 169 g/mol. The van der Waals surface area contributed by atoms with Crippen LogP contribution in [-0.2, 0) is 4.57 Å². The first kappa shape index (κ1) is 10.3. The van der Waals surface area contributed by atoms with Crippen LogP contribution in [0.3, 0.4) is 0 Å². The lowest BCUT2D eigenvalue weighted by Gasteiger charge is -1.89. The molecule has 0 amide bonds. The molecule has 0 saturated heterocycles. The molecule has 0 aliphatic carbocycles. The number of hydrogen-bond acceptors (Lipinski definition) is 1. The summed E-state index contributed by atoms with van der Waals surface area (Å²) in [6.45, 7) is 2.04. The van der Waals surface area contributed by atoms with Crippen molar-refractivity contribution in [2.24, 2.45) is 0 Å². The lowest BCUT2D eigenvalue weighted by molar-refractivity contribution is 0.524. The molecule has 11 heavy (non-hydrogen) atoms. The Morgan fingerprint density at radius 2 is 1.82 bits per heavy atom. The minimum atomic E-state index is -0.833. The van der Waals surface area contributed by atoms with Gasteiger partial charge >= 0.3 is 8.69 Å². The summed E-state index contributed by atoms with van der Waals surface area (Å²) in [6, 6.07) is 10.3. The van der Waals surface area contributed by atoms with E-state index in [1.807, 2.05) is 25.1 Å². The standard InChI is InChI=1S/C8H9.HO2P/c1-2-8-6-4-3-5-7-8;1-3-2/h2-7H,1H3;(H,1,2). The Labute approximate surface area is 68.2 Å². The molecule has 0 spiro atoms. The van der Waals surface area contributed by atoms with E-state index in [9.17, 15) is 0 Å². The average Bonchev–Trinajstić information content (AvgIpc) is 2.08. The molecule has 0 atom stereocenters. The Kier molecular flexibility index (Phi) is 6.90. The molecule has 1 rings (SSSR count). The van der Waals surface area contributed by atoms with Crippen LogP contribution in [0, 0.1) is 6.42 Å². The highest BCUT2D eigenvalue weighted by molar-refractivity contribution is 7.16. The first-order valence-corrected chi connectivity index (χ1v) is 3.92. The third-order valence-corrected chi connectivity index (χ3v) is 1.13. The highest BCUT2D eigenvalue weighted by Crippen LogP contribution is 1.98. The molecule has 1 radical (unpaired) electrons. The van der Waals surface area contributed by atoms with Gasteiger partial charge in [-0.2, -0.15) is 0 Å². The molecule has 2 nitrogen and oxygen atoms in total. The van der Waals surface area contributed by atoms with Crippen molar-refractivity contribution >= 4 is 8.69 Å². The molecule has 0 aliphatic heterocycles. The predicted octanol–water partition coefficient (Wildman–Crippen LogP) is 2.44. The minimum absolute atomic E-state index is 0.833. The SMILES string of the molecule is C[CH]c1ccccc1.O=PO. The van der Waals surface area contributed by atoms with Crippen LogP contribution in [0.1, 0.15) is 12.5 Å². The summed E-state index contributed by atoms with van der Waals surface area (Å²) in [4.78, 5) is 6.99. The van der Waals surface area contributed by atoms with E-state index in [1.165, 1.54) is 5.56 Å². The summed E-state index contributed by atoms with van der Waals surface area (Å²) < 4.78 is 8.46. The summed E-state index contributed by atoms with van der Waals surface area (Å²) in [6.07, 6.45) is 2.08. The molecule has 1 N–H and O–H groups in total. The maximum absolute atomic E-state index is 8.46. The zero-order valence-electron chi connectivity index (χ0n) is 6.27. The minimum Gasteiger partial charge on any atom is -0.310 e. The van der Waals surface area contributed by atoms with Gasteiger partial charge in [-0.05, 0) is 12.0 Å². The monoisotopic (exact) mass is 169 g/mol. The quantitative estimate of drug-likeness (QED) is 0.655. The van der Waals surface area contributed by atoms with Crippen LogP contribution in [-0.4, -0.2) is 4.89 Å². The van der Waals surface area contributed by atoms with Gasteiger partial charge in [-0.3, -0.25) is 0 Å². The largest absolute Gasteiger partial charge is 0.324 e. The van der Waals surface area contributed by atoms with Crippen molar-refractivity contribution < 1.29 is 9.46 Å². The Bertz CT molecular complexity index is 187. The molecule has 59 valence electrons. The molecule has 0 aliphatic rings. The third-order valence-electron chi connectivity index (χ3n) is 1.13. The molecule has 0 bridgehead atoms. The molecular weight excluding hydrogens is 159 g/mol. The molecule has 0 heterocycles. The Morgan fingerprint density at radius 1 is 1.36 bits per heavy atom. The molecule has 0 unspecified atom stereocenters. The molecule has 0 saturated carbocycles. The molecule has 0 fully saturated rings. The van der Waals surface area contributed by atoms with Crippen LogP contribution in [0.25, 0.3) is 0 Å². The van der Waals surface area contributed by atoms with Gasteiger partial charge in [0, 0.05) is 0 Å². The second-order valence-electron chi connectivity index (χ2n) is 1.78. The van der Waals surface area contributed by atoms with Crippen molar-refractivity contribution in [1.29, 1.82) is 0 Å². The fraction of sp³-hybridized carbons (Fsp3) is 0.125. The van der Waals surface area contributed by atoms with Crippen LogP contribution in [0.4, 0.5) is 0 Å². The van der Waals surface area contributed by atoms with Crippen molar-refractivity contribution in [3.8, 4) is 0 Å². The van der Waals surface area contributed by atoms with Gasteiger partial charge in [0.15, 0.2) is 0 Å². The van der Waals surface area contributed by atoms with Crippen LogP contribution in [0.2, 0.25) is 0 Å². The van der Waals surface area contributed by atoms with Gasteiger partial charge in [-0.25, -0.2) is 4.57 Å². The maximum atomic E-state index is 8.46. The van der Waals surface area contributed by atoms with E-state index in [4.69, 9.17) is 9.46 Å². The molecule has 1 aromatic rings. The van der Waals surface area contributed by atoms with Crippen LogP contribution < -0.4 is 0 Å². The van der Waals surface area contributed by atoms with Gasteiger partial charge < -0.3 is 4.89 Å². The van der Waals surface area contributed by atoms with E-state index < -0.39 is 8.69 Å². The van der Waals surface area contributed by atoms with E-state index in [0.717, 1.165) is 0 Å². The molecule has 0 aromatic heterocycles. The lowest BCUT2D eigenvalue weighted by Crippen LogP contribution is -1.70. The van der Waals surface area contributed by atoms with Gasteiger partial charge in [0.05, 0.1) is 0 Å². The van der Waals surface area contributed by atoms with Crippen LogP contribution >= 0.6 is 8.69 Å². The van der Waals surface area contributed by atoms with Crippen molar-refractivity contribution in [3.63, 3.8) is 0 Å². The van der Waals surface area contributed by atoms with E-state index in [-0.39, 0.29) is 0 Å². The van der Waals surface area contributed by atoms with Crippen molar-refractivity contribution in [2.75, 3.05) is 0 Å². The topological polar surface area (TPSA) is 37.3 Å². The summed E-state index contributed by atoms with van der Waals surface area (Å²) in [5, 5.41) is 0. The van der Waals surface area contributed by atoms with Gasteiger partial charge in [-0.15, -0.1) is 0 Å². The van der Waals surface area contributed by atoms with Crippen LogP contribution in [0.15, 0.2) is 30.3 Å². The number of rotatable bonds is 1. The Balaban J connectivity index is 0.000000292. The van der Waals surface area contributed by atoms with Gasteiger partial charge in [0.25, 0.3) is 0 Å². The number of hydrogen-bond donors (Lipinski definition) is 1. The summed E-state index contributed by atoms with van der Waals surface area (Å²) >= 11 is 0. The fourth-order valence-corrected chi connectivity index (χ4v) is 0.645. The predicted molar refractivity (Wildman–Crippen MR) is 45.3 cm³/mol. The van der Waals surface area contributed by atoms with Gasteiger partial charge in [0.2, 0.25) is 0 Å². The molecule has 1 aromatic carbocycles. The second-order valence-corrected chi connectivity index (χ2v) is 1.94. The van der Waals surface area contributed by atoms with Crippen molar-refractivity contribution in [2.45, 2.75) is 6.92 Å². The highest BCUT2D eigenvalue weighted by atomic mass is 31.1. The molecule has 3 heteroatoms. The van der Waals surface area contributed by atoms with Crippen LogP contribution in [0.5, 0.6) is 0 Å². The first-order valence-electron chi connectivity index (χ1n) is 3.16.